The molecule has 2 aromatic rings. The highest BCUT2D eigenvalue weighted by Crippen LogP contribution is 2.37. The lowest BCUT2D eigenvalue weighted by Crippen LogP contribution is -2.14. The molecular formula is C15H13BrClN. The van der Waals surface area contributed by atoms with Gasteiger partial charge in [-0.2, -0.15) is 0 Å². The van der Waals surface area contributed by atoms with Crippen molar-refractivity contribution < 1.29 is 0 Å². The van der Waals surface area contributed by atoms with E-state index in [2.05, 4.69) is 51.2 Å². The number of halogens is 2. The van der Waals surface area contributed by atoms with Gasteiger partial charge in [-0.05, 0) is 41.8 Å². The predicted molar refractivity (Wildman–Crippen MR) is 81.2 cm³/mol. The van der Waals surface area contributed by atoms with E-state index in [0.29, 0.717) is 0 Å². The third-order valence-electron chi connectivity index (χ3n) is 3.36. The van der Waals surface area contributed by atoms with Gasteiger partial charge in [0.05, 0.1) is 0 Å². The maximum Gasteiger partial charge on any atom is 0.0453 e. The van der Waals surface area contributed by atoms with Crippen molar-refractivity contribution >= 4 is 38.9 Å². The topological polar surface area (TPSA) is 3.24 Å². The van der Waals surface area contributed by atoms with E-state index in [9.17, 15) is 0 Å². The van der Waals surface area contributed by atoms with Crippen LogP contribution in [0.25, 0.3) is 0 Å². The van der Waals surface area contributed by atoms with E-state index < -0.39 is 0 Å². The van der Waals surface area contributed by atoms with Gasteiger partial charge >= 0.3 is 0 Å². The number of alkyl halides is 1. The molecule has 0 unspecified atom stereocenters. The first-order valence-corrected chi connectivity index (χ1v) is 7.49. The van der Waals surface area contributed by atoms with Gasteiger partial charge in [-0.3, -0.25) is 0 Å². The molecular weight excluding hydrogens is 310 g/mol. The molecule has 0 saturated heterocycles. The number of hydrogen-bond acceptors (Lipinski definition) is 1. The molecule has 3 rings (SSSR count). The summed E-state index contributed by atoms with van der Waals surface area (Å²) in [5.41, 5.74) is 5.23. The Morgan fingerprint density at radius 3 is 2.78 bits per heavy atom. The molecule has 0 aromatic heterocycles. The van der Waals surface area contributed by atoms with Crippen molar-refractivity contribution in [3.8, 4) is 0 Å². The zero-order chi connectivity index (χ0) is 12.5. The third kappa shape index (κ3) is 2.04. The van der Waals surface area contributed by atoms with Crippen molar-refractivity contribution in [2.75, 3.05) is 11.4 Å². The molecule has 92 valence electrons. The monoisotopic (exact) mass is 321 g/mol. The van der Waals surface area contributed by atoms with Crippen LogP contribution in [0, 0.1) is 0 Å². The van der Waals surface area contributed by atoms with Gasteiger partial charge in [0.15, 0.2) is 0 Å². The van der Waals surface area contributed by atoms with Gasteiger partial charge in [0.1, 0.15) is 0 Å². The summed E-state index contributed by atoms with van der Waals surface area (Å²) in [5.74, 6) is 0. The summed E-state index contributed by atoms with van der Waals surface area (Å²) in [6.07, 6.45) is 1.11. The van der Waals surface area contributed by atoms with Crippen molar-refractivity contribution in [3.63, 3.8) is 0 Å². The number of benzene rings is 2. The molecule has 0 atom stereocenters. The highest BCUT2D eigenvalue weighted by Gasteiger charge is 2.21. The molecule has 0 fully saturated rings. The molecule has 18 heavy (non-hydrogen) atoms. The van der Waals surface area contributed by atoms with Gasteiger partial charge in [0, 0.05) is 28.3 Å². The van der Waals surface area contributed by atoms with Crippen LogP contribution in [-0.4, -0.2) is 6.54 Å². The Kier molecular flexibility index (Phi) is 3.31. The van der Waals surface area contributed by atoms with E-state index >= 15 is 0 Å². The predicted octanol–water partition coefficient (Wildman–Crippen LogP) is 4.93. The Morgan fingerprint density at radius 2 is 1.94 bits per heavy atom. The molecule has 0 radical (unpaired) electrons. The second-order valence-electron chi connectivity index (χ2n) is 4.44. The van der Waals surface area contributed by atoms with Crippen LogP contribution in [0.1, 0.15) is 11.1 Å². The zero-order valence-corrected chi connectivity index (χ0v) is 12.2. The van der Waals surface area contributed by atoms with Crippen molar-refractivity contribution in [3.05, 3.63) is 58.6 Å². The second kappa shape index (κ2) is 4.94. The molecule has 0 amide bonds. The van der Waals surface area contributed by atoms with Gasteiger partial charge in [-0.25, -0.2) is 0 Å². The first-order chi connectivity index (χ1) is 8.79. The number of anilines is 2. The summed E-state index contributed by atoms with van der Waals surface area (Å²) >= 11 is 9.61. The molecule has 0 spiro atoms. The average molecular weight is 323 g/mol. The number of hydrogen-bond donors (Lipinski definition) is 0. The molecule has 0 saturated carbocycles. The molecule has 0 bridgehead atoms. The fourth-order valence-electron chi connectivity index (χ4n) is 2.51. The molecule has 3 heteroatoms. The maximum atomic E-state index is 6.06. The van der Waals surface area contributed by atoms with Crippen LogP contribution in [0.3, 0.4) is 0 Å². The van der Waals surface area contributed by atoms with Crippen LogP contribution in [0.4, 0.5) is 11.4 Å². The van der Waals surface area contributed by atoms with Crippen LogP contribution >= 0.6 is 27.5 Å². The van der Waals surface area contributed by atoms with Crippen LogP contribution in [-0.2, 0) is 11.8 Å². The smallest absolute Gasteiger partial charge is 0.0453 e. The Labute approximate surface area is 121 Å². The quantitative estimate of drug-likeness (QED) is 0.709. The normalized spacial score (nSPS) is 13.8. The second-order valence-corrected chi connectivity index (χ2v) is 5.43. The minimum Gasteiger partial charge on any atom is -0.341 e. The summed E-state index contributed by atoms with van der Waals surface area (Å²) in [7, 11) is 0. The number of para-hydroxylation sites is 1. The molecule has 0 N–H and O–H groups in total. The van der Waals surface area contributed by atoms with Crippen molar-refractivity contribution in [2.45, 2.75) is 11.8 Å². The Morgan fingerprint density at radius 1 is 1.11 bits per heavy atom. The van der Waals surface area contributed by atoms with Gasteiger partial charge in [0.2, 0.25) is 0 Å². The minimum absolute atomic E-state index is 0.792. The lowest BCUT2D eigenvalue weighted by Gasteiger charge is -2.22. The van der Waals surface area contributed by atoms with Crippen molar-refractivity contribution in [1.82, 2.24) is 0 Å². The number of rotatable bonds is 2. The van der Waals surface area contributed by atoms with Crippen LogP contribution in [0.2, 0.25) is 5.02 Å². The average Bonchev–Trinajstić information content (AvgIpc) is 2.82. The highest BCUT2D eigenvalue weighted by molar-refractivity contribution is 9.08. The van der Waals surface area contributed by atoms with E-state index in [0.717, 1.165) is 23.3 Å². The SMILES string of the molecule is Clc1ccc(N2CCc3ccccc32)c(CBr)c1. The molecule has 1 aliphatic heterocycles. The Bertz CT molecular complexity index is 582. The van der Waals surface area contributed by atoms with E-state index in [1.807, 2.05) is 12.1 Å². The van der Waals surface area contributed by atoms with Crippen molar-refractivity contribution in [1.29, 1.82) is 0 Å². The fraction of sp³-hybridized carbons (Fsp3) is 0.200. The summed E-state index contributed by atoms with van der Waals surface area (Å²) in [6.45, 7) is 1.04. The largest absolute Gasteiger partial charge is 0.341 e. The van der Waals surface area contributed by atoms with Crippen LogP contribution < -0.4 is 4.90 Å². The molecule has 1 heterocycles. The van der Waals surface area contributed by atoms with Crippen LogP contribution in [0.15, 0.2) is 42.5 Å². The molecule has 2 aromatic carbocycles. The lowest BCUT2D eigenvalue weighted by molar-refractivity contribution is 0.992. The maximum absolute atomic E-state index is 6.06. The van der Waals surface area contributed by atoms with E-state index in [1.54, 1.807) is 0 Å². The fourth-order valence-corrected chi connectivity index (χ4v) is 3.16. The van der Waals surface area contributed by atoms with Crippen LogP contribution in [0.5, 0.6) is 0 Å². The summed E-state index contributed by atoms with van der Waals surface area (Å²) in [5, 5.41) is 1.61. The first kappa shape index (κ1) is 12.1. The van der Waals surface area contributed by atoms with Gasteiger partial charge in [0.25, 0.3) is 0 Å². The van der Waals surface area contributed by atoms with Gasteiger partial charge in [-0.1, -0.05) is 45.7 Å². The Balaban J connectivity index is 2.07. The van der Waals surface area contributed by atoms with Gasteiger partial charge in [-0.15, -0.1) is 0 Å². The molecule has 0 aliphatic carbocycles. The van der Waals surface area contributed by atoms with Gasteiger partial charge < -0.3 is 4.90 Å². The standard InChI is InChI=1S/C15H13BrClN/c16-10-12-9-13(17)5-6-15(12)18-8-7-11-3-1-2-4-14(11)18/h1-6,9H,7-8,10H2. The number of fused-ring (bicyclic) bond motifs is 1. The summed E-state index contributed by atoms with van der Waals surface area (Å²) in [4.78, 5) is 2.38. The first-order valence-electron chi connectivity index (χ1n) is 5.99. The van der Waals surface area contributed by atoms with E-state index in [1.165, 1.54) is 22.5 Å². The summed E-state index contributed by atoms with van der Waals surface area (Å²) in [6, 6.07) is 14.7. The zero-order valence-electron chi connectivity index (χ0n) is 9.87. The summed E-state index contributed by atoms with van der Waals surface area (Å²) < 4.78 is 0. The third-order valence-corrected chi connectivity index (χ3v) is 4.20. The minimum atomic E-state index is 0.792. The lowest BCUT2D eigenvalue weighted by atomic mass is 10.1. The molecule has 1 aliphatic rings. The highest BCUT2D eigenvalue weighted by atomic mass is 79.9. The van der Waals surface area contributed by atoms with Crippen molar-refractivity contribution in [2.24, 2.45) is 0 Å². The molecule has 1 nitrogen and oxygen atoms in total. The van der Waals surface area contributed by atoms with E-state index in [4.69, 9.17) is 11.6 Å². The number of nitrogens with zero attached hydrogens (tertiary/aromatic N) is 1. The Hall–Kier alpha value is -0.990. The van der Waals surface area contributed by atoms with E-state index in [-0.39, 0.29) is 0 Å².